The Morgan fingerprint density at radius 3 is 2.47 bits per heavy atom. The summed E-state index contributed by atoms with van der Waals surface area (Å²) in [6, 6.07) is 7.46. The van der Waals surface area contributed by atoms with Gasteiger partial charge in [0.1, 0.15) is 0 Å². The molecule has 0 heterocycles. The first-order valence-corrected chi connectivity index (χ1v) is 6.29. The van der Waals surface area contributed by atoms with E-state index in [1.165, 1.54) is 0 Å². The Bertz CT molecular complexity index is 352. The van der Waals surface area contributed by atoms with Crippen LogP contribution in [0.4, 0.5) is 13.2 Å². The van der Waals surface area contributed by atoms with Gasteiger partial charge in [-0.3, -0.25) is 0 Å². The maximum Gasteiger partial charge on any atom is 0.441 e. The minimum atomic E-state index is -4.19. The van der Waals surface area contributed by atoms with Gasteiger partial charge in [-0.15, -0.1) is 0 Å². The van der Waals surface area contributed by atoms with Crippen LogP contribution in [0.1, 0.15) is 23.5 Å². The molecule has 5 heteroatoms. The molecular formula is C12H15F3OS. The van der Waals surface area contributed by atoms with E-state index in [2.05, 4.69) is 0 Å². The number of thioether (sulfide) groups is 1. The molecule has 0 fully saturated rings. The van der Waals surface area contributed by atoms with Crippen LogP contribution < -0.4 is 0 Å². The Labute approximate surface area is 103 Å². The van der Waals surface area contributed by atoms with Crippen molar-refractivity contribution in [1.29, 1.82) is 0 Å². The summed E-state index contributed by atoms with van der Waals surface area (Å²) >= 11 is -0.0333. The van der Waals surface area contributed by atoms with Gasteiger partial charge in [0.2, 0.25) is 0 Å². The zero-order chi connectivity index (χ0) is 12.9. The zero-order valence-corrected chi connectivity index (χ0v) is 10.3. The van der Waals surface area contributed by atoms with E-state index in [-0.39, 0.29) is 30.0 Å². The molecule has 0 aliphatic heterocycles. The molecule has 0 aromatic heterocycles. The summed E-state index contributed by atoms with van der Waals surface area (Å²) in [5.74, 6) is -0.241. The van der Waals surface area contributed by atoms with Crippen LogP contribution in [-0.4, -0.2) is 23.0 Å². The predicted octanol–water partition coefficient (Wildman–Crippen LogP) is 3.71. The van der Waals surface area contributed by atoms with Crippen molar-refractivity contribution >= 4 is 11.8 Å². The minimum Gasteiger partial charge on any atom is -0.396 e. The second-order valence-electron chi connectivity index (χ2n) is 3.82. The third kappa shape index (κ3) is 5.00. The molecule has 1 aromatic carbocycles. The predicted molar refractivity (Wildman–Crippen MR) is 64.1 cm³/mol. The lowest BCUT2D eigenvalue weighted by molar-refractivity contribution is -0.0328. The molecule has 0 aliphatic carbocycles. The summed E-state index contributed by atoms with van der Waals surface area (Å²) in [7, 11) is 0. The highest BCUT2D eigenvalue weighted by Crippen LogP contribution is 2.33. The molecule has 0 spiro atoms. The standard InChI is InChI=1S/C12H15F3OS/c1-9-4-2-3-5-11(9)10(8-16)6-7-17-12(13,14)15/h2-5,10,16H,6-8H2,1H3. The molecule has 0 saturated heterocycles. The van der Waals surface area contributed by atoms with Crippen LogP contribution in [0.5, 0.6) is 0 Å². The van der Waals surface area contributed by atoms with Gasteiger partial charge >= 0.3 is 5.51 Å². The summed E-state index contributed by atoms with van der Waals surface area (Å²) in [4.78, 5) is 0. The van der Waals surface area contributed by atoms with Gasteiger partial charge in [0.05, 0.1) is 0 Å². The molecule has 0 amide bonds. The van der Waals surface area contributed by atoms with Crippen LogP contribution >= 0.6 is 11.8 Å². The van der Waals surface area contributed by atoms with E-state index >= 15 is 0 Å². The van der Waals surface area contributed by atoms with E-state index in [9.17, 15) is 18.3 Å². The molecule has 96 valence electrons. The molecule has 1 rings (SSSR count). The van der Waals surface area contributed by atoms with E-state index < -0.39 is 5.51 Å². The second-order valence-corrected chi connectivity index (χ2v) is 4.98. The first kappa shape index (κ1) is 14.4. The lowest BCUT2D eigenvalue weighted by atomic mass is 9.93. The normalized spacial score (nSPS) is 13.7. The second kappa shape index (κ2) is 6.31. The zero-order valence-electron chi connectivity index (χ0n) is 9.50. The summed E-state index contributed by atoms with van der Waals surface area (Å²) in [6.07, 6.45) is 0.325. The van der Waals surface area contributed by atoms with Crippen molar-refractivity contribution in [3.63, 3.8) is 0 Å². The fourth-order valence-electron chi connectivity index (χ4n) is 1.71. The average molecular weight is 264 g/mol. The van der Waals surface area contributed by atoms with Crippen molar-refractivity contribution in [3.8, 4) is 0 Å². The molecule has 0 radical (unpaired) electrons. The molecule has 17 heavy (non-hydrogen) atoms. The fourth-order valence-corrected chi connectivity index (χ4v) is 2.34. The van der Waals surface area contributed by atoms with Crippen LogP contribution in [0, 0.1) is 6.92 Å². The van der Waals surface area contributed by atoms with E-state index in [4.69, 9.17) is 0 Å². The number of aliphatic hydroxyl groups is 1. The maximum atomic E-state index is 12.0. The number of hydrogen-bond acceptors (Lipinski definition) is 2. The average Bonchev–Trinajstić information content (AvgIpc) is 2.24. The summed E-state index contributed by atoms with van der Waals surface area (Å²) in [5, 5.41) is 9.24. The van der Waals surface area contributed by atoms with Crippen LogP contribution in [0.15, 0.2) is 24.3 Å². The Balaban J connectivity index is 2.58. The Hall–Kier alpha value is -0.680. The number of halogens is 3. The molecule has 0 saturated carbocycles. The van der Waals surface area contributed by atoms with Crippen molar-refractivity contribution in [2.45, 2.75) is 24.8 Å². The molecule has 1 unspecified atom stereocenters. The largest absolute Gasteiger partial charge is 0.441 e. The van der Waals surface area contributed by atoms with E-state index in [1.54, 1.807) is 0 Å². The van der Waals surface area contributed by atoms with E-state index in [0.717, 1.165) is 11.1 Å². The Kier molecular flexibility index (Phi) is 5.33. The minimum absolute atomic E-state index is 0.0247. The highest BCUT2D eigenvalue weighted by molar-refractivity contribution is 8.00. The van der Waals surface area contributed by atoms with Gasteiger partial charge in [-0.25, -0.2) is 0 Å². The summed E-state index contributed by atoms with van der Waals surface area (Å²) in [6.45, 7) is 1.78. The third-order valence-corrected chi connectivity index (χ3v) is 3.35. The number of aryl methyl sites for hydroxylation is 1. The van der Waals surface area contributed by atoms with E-state index in [0.29, 0.717) is 6.42 Å². The molecule has 1 aromatic rings. The number of benzene rings is 1. The molecule has 0 aliphatic rings. The Morgan fingerprint density at radius 2 is 1.94 bits per heavy atom. The van der Waals surface area contributed by atoms with Gasteiger partial charge in [0, 0.05) is 18.3 Å². The van der Waals surface area contributed by atoms with Crippen LogP contribution in [0.25, 0.3) is 0 Å². The number of hydrogen-bond donors (Lipinski definition) is 1. The summed E-state index contributed by atoms with van der Waals surface area (Å²) < 4.78 is 36.0. The SMILES string of the molecule is Cc1ccccc1C(CO)CCSC(F)(F)F. The molecule has 0 bridgehead atoms. The highest BCUT2D eigenvalue weighted by Gasteiger charge is 2.28. The highest BCUT2D eigenvalue weighted by atomic mass is 32.2. The van der Waals surface area contributed by atoms with Gasteiger partial charge in [0.15, 0.2) is 0 Å². The van der Waals surface area contributed by atoms with Crippen LogP contribution in [-0.2, 0) is 0 Å². The van der Waals surface area contributed by atoms with Gasteiger partial charge in [0.25, 0.3) is 0 Å². The first-order chi connectivity index (χ1) is 7.94. The maximum absolute atomic E-state index is 12.0. The number of alkyl halides is 3. The first-order valence-electron chi connectivity index (χ1n) is 5.31. The van der Waals surface area contributed by atoms with Crippen molar-refractivity contribution in [3.05, 3.63) is 35.4 Å². The fraction of sp³-hybridized carbons (Fsp3) is 0.500. The number of aliphatic hydroxyl groups excluding tert-OH is 1. The third-order valence-electron chi connectivity index (χ3n) is 2.58. The van der Waals surface area contributed by atoms with E-state index in [1.807, 2.05) is 31.2 Å². The molecule has 1 nitrogen and oxygen atoms in total. The van der Waals surface area contributed by atoms with Gasteiger partial charge in [-0.2, -0.15) is 13.2 Å². The topological polar surface area (TPSA) is 20.2 Å². The lowest BCUT2D eigenvalue weighted by Crippen LogP contribution is -2.09. The summed E-state index contributed by atoms with van der Waals surface area (Å²) in [5.41, 5.74) is -2.26. The van der Waals surface area contributed by atoms with Crippen LogP contribution in [0.3, 0.4) is 0 Å². The molecule has 1 N–H and O–H groups in total. The Morgan fingerprint density at radius 1 is 1.29 bits per heavy atom. The van der Waals surface area contributed by atoms with Gasteiger partial charge in [-0.05, 0) is 24.5 Å². The lowest BCUT2D eigenvalue weighted by Gasteiger charge is -2.17. The van der Waals surface area contributed by atoms with Gasteiger partial charge in [-0.1, -0.05) is 36.0 Å². The van der Waals surface area contributed by atoms with Crippen molar-refractivity contribution in [1.82, 2.24) is 0 Å². The van der Waals surface area contributed by atoms with Crippen molar-refractivity contribution in [2.75, 3.05) is 12.4 Å². The molecule has 1 atom stereocenters. The van der Waals surface area contributed by atoms with Crippen molar-refractivity contribution in [2.24, 2.45) is 0 Å². The van der Waals surface area contributed by atoms with Crippen LogP contribution in [0.2, 0.25) is 0 Å². The van der Waals surface area contributed by atoms with Gasteiger partial charge < -0.3 is 5.11 Å². The molecular weight excluding hydrogens is 249 g/mol. The quantitative estimate of drug-likeness (QED) is 0.874. The van der Waals surface area contributed by atoms with Crippen molar-refractivity contribution < 1.29 is 18.3 Å². The smallest absolute Gasteiger partial charge is 0.396 e. The monoisotopic (exact) mass is 264 g/mol. The number of rotatable bonds is 5.